The highest BCUT2D eigenvalue weighted by atomic mass is 15.3. The summed E-state index contributed by atoms with van der Waals surface area (Å²) in [6.45, 7) is 6.72. The number of nitrogens with two attached hydrogens (primary N) is 1. The number of aromatic nitrogens is 2. The third kappa shape index (κ3) is 5.91. The van der Waals surface area contributed by atoms with Gasteiger partial charge in [-0.1, -0.05) is 13.8 Å². The van der Waals surface area contributed by atoms with Crippen LogP contribution < -0.4 is 16.6 Å². The maximum Gasteiger partial charge on any atom is 0.205 e. The van der Waals surface area contributed by atoms with Gasteiger partial charge in [-0.2, -0.15) is 5.10 Å². The van der Waals surface area contributed by atoms with Gasteiger partial charge in [0.1, 0.15) is 0 Å². The second-order valence-electron chi connectivity index (χ2n) is 4.28. The fraction of sp³-hybridized carbons (Fsp3) is 0.636. The van der Waals surface area contributed by atoms with E-state index < -0.39 is 0 Å². The second kappa shape index (κ2) is 7.67. The van der Waals surface area contributed by atoms with Crippen LogP contribution in [0.15, 0.2) is 23.5 Å². The predicted octanol–water partition coefficient (Wildman–Crippen LogP) is 0.338. The summed E-state index contributed by atoms with van der Waals surface area (Å²) in [5, 5.41) is 7.29. The van der Waals surface area contributed by atoms with Gasteiger partial charge in [-0.05, 0) is 18.4 Å². The first-order valence-corrected chi connectivity index (χ1v) is 5.94. The average molecular weight is 238 g/mol. The number of hydrazine groups is 1. The van der Waals surface area contributed by atoms with Crippen molar-refractivity contribution in [2.24, 2.45) is 16.8 Å². The Bertz CT molecular complexity index is 317. The van der Waals surface area contributed by atoms with Gasteiger partial charge in [0.25, 0.3) is 0 Å². The van der Waals surface area contributed by atoms with Crippen molar-refractivity contribution >= 4 is 5.96 Å². The van der Waals surface area contributed by atoms with Crippen molar-refractivity contribution in [2.45, 2.75) is 26.8 Å². The summed E-state index contributed by atoms with van der Waals surface area (Å²) >= 11 is 0. The van der Waals surface area contributed by atoms with Crippen molar-refractivity contribution in [3.63, 3.8) is 0 Å². The second-order valence-corrected chi connectivity index (χ2v) is 4.28. The molecule has 0 atom stereocenters. The largest absolute Gasteiger partial charge is 0.355 e. The van der Waals surface area contributed by atoms with Crippen LogP contribution in [0.2, 0.25) is 0 Å². The van der Waals surface area contributed by atoms with Gasteiger partial charge >= 0.3 is 0 Å². The Morgan fingerprint density at radius 2 is 2.35 bits per heavy atom. The monoisotopic (exact) mass is 238 g/mol. The van der Waals surface area contributed by atoms with Crippen LogP contribution in [0.5, 0.6) is 0 Å². The number of aliphatic imine (C=N–C) groups is 1. The first-order chi connectivity index (χ1) is 8.22. The van der Waals surface area contributed by atoms with Crippen LogP contribution in [0.4, 0.5) is 0 Å². The molecule has 1 aromatic heterocycles. The number of guanidine groups is 1. The number of nitrogens with one attached hydrogen (secondary N) is 2. The van der Waals surface area contributed by atoms with E-state index in [2.05, 4.69) is 34.7 Å². The van der Waals surface area contributed by atoms with Gasteiger partial charge in [-0.3, -0.25) is 15.1 Å². The molecule has 17 heavy (non-hydrogen) atoms. The fourth-order valence-electron chi connectivity index (χ4n) is 1.31. The SMILES string of the molecule is CC(C)CN=C(NN)NCCCn1cccn1. The van der Waals surface area contributed by atoms with Crippen LogP contribution in [0.25, 0.3) is 0 Å². The Kier molecular flexibility index (Phi) is 6.09. The Morgan fingerprint density at radius 1 is 1.53 bits per heavy atom. The first-order valence-electron chi connectivity index (χ1n) is 5.94. The third-order valence-corrected chi connectivity index (χ3v) is 2.17. The quantitative estimate of drug-likeness (QED) is 0.219. The van der Waals surface area contributed by atoms with E-state index in [0.29, 0.717) is 11.9 Å². The highest BCUT2D eigenvalue weighted by Crippen LogP contribution is 1.91. The van der Waals surface area contributed by atoms with Gasteiger partial charge in [-0.25, -0.2) is 5.84 Å². The average Bonchev–Trinajstić information content (AvgIpc) is 2.81. The molecule has 6 heteroatoms. The molecule has 0 amide bonds. The summed E-state index contributed by atoms with van der Waals surface area (Å²) in [6.07, 6.45) is 4.71. The van der Waals surface area contributed by atoms with Gasteiger partial charge in [0, 0.05) is 32.0 Å². The van der Waals surface area contributed by atoms with E-state index >= 15 is 0 Å². The van der Waals surface area contributed by atoms with Crippen LogP contribution in [0.1, 0.15) is 20.3 Å². The highest BCUT2D eigenvalue weighted by Gasteiger charge is 1.97. The van der Waals surface area contributed by atoms with Crippen LogP contribution in [0.3, 0.4) is 0 Å². The van der Waals surface area contributed by atoms with Crippen LogP contribution in [0, 0.1) is 5.92 Å². The van der Waals surface area contributed by atoms with E-state index in [-0.39, 0.29) is 0 Å². The van der Waals surface area contributed by atoms with E-state index in [1.807, 2.05) is 16.9 Å². The van der Waals surface area contributed by atoms with Crippen LogP contribution in [-0.4, -0.2) is 28.8 Å². The Balaban J connectivity index is 2.17. The normalized spacial score (nSPS) is 11.9. The van der Waals surface area contributed by atoms with Gasteiger partial charge in [0.2, 0.25) is 5.96 Å². The molecule has 96 valence electrons. The predicted molar refractivity (Wildman–Crippen MR) is 69.3 cm³/mol. The molecule has 0 aliphatic heterocycles. The zero-order valence-corrected chi connectivity index (χ0v) is 10.6. The summed E-state index contributed by atoms with van der Waals surface area (Å²) in [6, 6.07) is 1.92. The number of hydrogen-bond acceptors (Lipinski definition) is 3. The Hall–Kier alpha value is -1.56. The number of hydrogen-bond donors (Lipinski definition) is 3. The van der Waals surface area contributed by atoms with Crippen molar-refractivity contribution in [3.05, 3.63) is 18.5 Å². The maximum absolute atomic E-state index is 5.37. The van der Waals surface area contributed by atoms with E-state index in [0.717, 1.165) is 26.1 Å². The topological polar surface area (TPSA) is 80.3 Å². The van der Waals surface area contributed by atoms with Crippen LogP contribution in [-0.2, 0) is 6.54 Å². The molecule has 0 radical (unpaired) electrons. The van der Waals surface area contributed by atoms with Crippen molar-refractivity contribution in [2.75, 3.05) is 13.1 Å². The summed E-state index contributed by atoms with van der Waals surface area (Å²) in [4.78, 5) is 4.32. The van der Waals surface area contributed by atoms with Crippen molar-refractivity contribution in [1.29, 1.82) is 0 Å². The molecule has 0 aliphatic rings. The molecule has 0 aliphatic carbocycles. The molecule has 1 rings (SSSR count). The molecule has 0 spiro atoms. The minimum Gasteiger partial charge on any atom is -0.355 e. The van der Waals surface area contributed by atoms with Crippen molar-refractivity contribution < 1.29 is 0 Å². The summed E-state index contributed by atoms with van der Waals surface area (Å²) in [7, 11) is 0. The molecule has 1 aromatic rings. The van der Waals surface area contributed by atoms with Gasteiger partial charge < -0.3 is 5.32 Å². The number of nitrogens with zero attached hydrogens (tertiary/aromatic N) is 3. The third-order valence-electron chi connectivity index (χ3n) is 2.17. The lowest BCUT2D eigenvalue weighted by Gasteiger charge is -2.09. The summed E-state index contributed by atoms with van der Waals surface area (Å²) in [5.41, 5.74) is 2.57. The first kappa shape index (κ1) is 13.5. The molecule has 4 N–H and O–H groups in total. The van der Waals surface area contributed by atoms with E-state index in [1.165, 1.54) is 0 Å². The molecule has 1 heterocycles. The van der Waals surface area contributed by atoms with E-state index in [1.54, 1.807) is 6.20 Å². The smallest absolute Gasteiger partial charge is 0.205 e. The molecule has 0 bridgehead atoms. The molecular formula is C11H22N6. The summed E-state index contributed by atoms with van der Waals surface area (Å²) < 4.78 is 1.91. The lowest BCUT2D eigenvalue weighted by molar-refractivity contribution is 0.569. The zero-order chi connectivity index (χ0) is 12.5. The summed E-state index contributed by atoms with van der Waals surface area (Å²) in [5.74, 6) is 6.56. The lowest BCUT2D eigenvalue weighted by atomic mass is 10.2. The molecule has 0 saturated heterocycles. The van der Waals surface area contributed by atoms with Crippen molar-refractivity contribution in [3.8, 4) is 0 Å². The minimum atomic E-state index is 0.532. The molecule has 0 saturated carbocycles. The zero-order valence-electron chi connectivity index (χ0n) is 10.6. The molecular weight excluding hydrogens is 216 g/mol. The molecule has 6 nitrogen and oxygen atoms in total. The lowest BCUT2D eigenvalue weighted by Crippen LogP contribution is -2.42. The van der Waals surface area contributed by atoms with Gasteiger partial charge in [0.15, 0.2) is 0 Å². The number of rotatable bonds is 6. The molecule has 0 unspecified atom stereocenters. The van der Waals surface area contributed by atoms with E-state index in [4.69, 9.17) is 5.84 Å². The van der Waals surface area contributed by atoms with E-state index in [9.17, 15) is 0 Å². The molecule has 0 fully saturated rings. The highest BCUT2D eigenvalue weighted by molar-refractivity contribution is 5.79. The van der Waals surface area contributed by atoms with Gasteiger partial charge in [-0.15, -0.1) is 0 Å². The van der Waals surface area contributed by atoms with Crippen LogP contribution >= 0.6 is 0 Å². The Labute approximate surface area is 102 Å². The maximum atomic E-state index is 5.37. The van der Waals surface area contributed by atoms with Crippen molar-refractivity contribution in [1.82, 2.24) is 20.5 Å². The Morgan fingerprint density at radius 3 is 2.94 bits per heavy atom. The van der Waals surface area contributed by atoms with Gasteiger partial charge in [0.05, 0.1) is 0 Å². The fourth-order valence-corrected chi connectivity index (χ4v) is 1.31. The molecule has 0 aromatic carbocycles. The number of aryl methyl sites for hydroxylation is 1. The standard InChI is InChI=1S/C11H22N6/c1-10(2)9-14-11(16-12)13-5-3-7-17-8-4-6-15-17/h4,6,8,10H,3,5,7,9,12H2,1-2H3,(H2,13,14,16). The minimum absolute atomic E-state index is 0.532.